The van der Waals surface area contributed by atoms with E-state index in [1.54, 1.807) is 13.8 Å². The van der Waals surface area contributed by atoms with E-state index in [1.807, 2.05) is 0 Å². The lowest BCUT2D eigenvalue weighted by atomic mass is 9.87. The van der Waals surface area contributed by atoms with Crippen molar-refractivity contribution in [3.8, 4) is 0 Å². The second-order valence-electron chi connectivity index (χ2n) is 4.79. The molecule has 0 radical (unpaired) electrons. The fourth-order valence-electron chi connectivity index (χ4n) is 1.76. The average molecular weight is 363 g/mol. The van der Waals surface area contributed by atoms with E-state index in [0.29, 0.717) is 6.42 Å². The highest BCUT2D eigenvalue weighted by Crippen LogP contribution is 2.27. The van der Waals surface area contributed by atoms with Crippen LogP contribution in [0.15, 0.2) is 14.1 Å². The minimum absolute atomic E-state index is 0.283. The number of nitrogens with zero attached hydrogens (tertiary/aromatic N) is 1. The molecule has 0 fully saturated rings. The Bertz CT molecular complexity index is 691. The molecule has 21 heavy (non-hydrogen) atoms. The van der Waals surface area contributed by atoms with Crippen LogP contribution in [0.3, 0.4) is 0 Å². The Morgan fingerprint density at radius 2 is 1.81 bits per heavy atom. The lowest BCUT2D eigenvalue weighted by Crippen LogP contribution is -2.47. The lowest BCUT2D eigenvalue weighted by molar-refractivity contribution is -0.156. The summed E-state index contributed by atoms with van der Waals surface area (Å²) in [6.07, 6.45) is 0.504. The minimum Gasteiger partial charge on any atom is -0.480 e. The molecule has 0 spiro atoms. The van der Waals surface area contributed by atoms with Crippen molar-refractivity contribution in [2.45, 2.75) is 38.6 Å². The highest BCUT2D eigenvalue weighted by Gasteiger charge is 2.47. The van der Waals surface area contributed by atoms with E-state index >= 15 is 0 Å². The van der Waals surface area contributed by atoms with E-state index in [-0.39, 0.29) is 4.47 Å². The molecule has 1 aromatic rings. The molecule has 0 saturated carbocycles. The van der Waals surface area contributed by atoms with Crippen LogP contribution < -0.4 is 11.2 Å². The standard InChI is InChI=1S/C12H15BrN2O6/c1-4-5(2)15-8(16)6(13)7(14-11(15)21)12(3,9(17)18)10(19)20/h5H,4H2,1-3H3,(H,14,21)(H,17,18)(H,19,20). The molecule has 3 N–H and O–H groups in total. The Morgan fingerprint density at radius 1 is 1.33 bits per heavy atom. The van der Waals surface area contributed by atoms with Crippen molar-refractivity contribution in [3.63, 3.8) is 0 Å². The largest absolute Gasteiger partial charge is 0.480 e. The first kappa shape index (κ1) is 17.2. The van der Waals surface area contributed by atoms with E-state index in [1.165, 1.54) is 0 Å². The zero-order chi connectivity index (χ0) is 16.5. The summed E-state index contributed by atoms with van der Waals surface area (Å²) in [5.41, 5.74) is -4.54. The number of aliphatic carboxylic acids is 2. The Labute approximate surface area is 127 Å². The number of carbonyl (C=O) groups is 2. The molecule has 0 bridgehead atoms. The number of rotatable bonds is 5. The second-order valence-corrected chi connectivity index (χ2v) is 5.58. The van der Waals surface area contributed by atoms with Crippen LogP contribution in [0, 0.1) is 0 Å². The van der Waals surface area contributed by atoms with Crippen LogP contribution in [0.25, 0.3) is 0 Å². The Hall–Kier alpha value is -1.90. The lowest BCUT2D eigenvalue weighted by Gasteiger charge is -2.22. The summed E-state index contributed by atoms with van der Waals surface area (Å²) in [4.78, 5) is 49.0. The van der Waals surface area contributed by atoms with Crippen molar-refractivity contribution in [2.75, 3.05) is 0 Å². The van der Waals surface area contributed by atoms with Gasteiger partial charge < -0.3 is 15.2 Å². The van der Waals surface area contributed by atoms with Crippen LogP contribution in [0.4, 0.5) is 0 Å². The van der Waals surface area contributed by atoms with Gasteiger partial charge in [-0.25, -0.2) is 4.79 Å². The first-order chi connectivity index (χ1) is 9.58. The summed E-state index contributed by atoms with van der Waals surface area (Å²) in [6.45, 7) is 4.33. The van der Waals surface area contributed by atoms with Gasteiger partial charge in [-0.15, -0.1) is 0 Å². The molecule has 0 aliphatic carbocycles. The first-order valence-corrected chi connectivity index (χ1v) is 6.89. The van der Waals surface area contributed by atoms with Gasteiger partial charge in [0, 0.05) is 6.04 Å². The summed E-state index contributed by atoms with van der Waals surface area (Å²) in [7, 11) is 0. The minimum atomic E-state index is -2.44. The number of hydrogen-bond donors (Lipinski definition) is 3. The topological polar surface area (TPSA) is 129 Å². The van der Waals surface area contributed by atoms with Gasteiger partial charge in [0.25, 0.3) is 5.56 Å². The van der Waals surface area contributed by atoms with E-state index in [4.69, 9.17) is 10.2 Å². The van der Waals surface area contributed by atoms with Crippen molar-refractivity contribution >= 4 is 27.9 Å². The summed E-state index contributed by atoms with van der Waals surface area (Å²) in [5.74, 6) is -3.38. The number of aromatic nitrogens is 2. The molecule has 116 valence electrons. The molecule has 8 nitrogen and oxygen atoms in total. The first-order valence-electron chi connectivity index (χ1n) is 6.10. The van der Waals surface area contributed by atoms with Gasteiger partial charge in [-0.3, -0.25) is 19.0 Å². The van der Waals surface area contributed by atoms with Crippen molar-refractivity contribution in [1.82, 2.24) is 9.55 Å². The van der Waals surface area contributed by atoms with Gasteiger partial charge >= 0.3 is 17.6 Å². The molecule has 9 heteroatoms. The summed E-state index contributed by atoms with van der Waals surface area (Å²) >= 11 is 2.91. The number of carboxylic acids is 2. The normalized spacial score (nSPS) is 13.0. The average Bonchev–Trinajstić information content (AvgIpc) is 2.41. The Morgan fingerprint density at radius 3 is 2.19 bits per heavy atom. The zero-order valence-corrected chi connectivity index (χ0v) is 13.2. The smallest absolute Gasteiger partial charge is 0.328 e. The molecule has 1 rings (SSSR count). The fourth-order valence-corrected chi connectivity index (χ4v) is 2.45. The van der Waals surface area contributed by atoms with Crippen LogP contribution in [-0.4, -0.2) is 31.7 Å². The Balaban J connectivity index is 3.78. The van der Waals surface area contributed by atoms with Crippen LogP contribution >= 0.6 is 15.9 Å². The van der Waals surface area contributed by atoms with Crippen molar-refractivity contribution < 1.29 is 19.8 Å². The number of H-pyrrole nitrogens is 1. The molecule has 1 heterocycles. The van der Waals surface area contributed by atoms with Gasteiger partial charge in [0.2, 0.25) is 5.41 Å². The van der Waals surface area contributed by atoms with Gasteiger partial charge in [0.1, 0.15) is 4.47 Å². The number of aromatic amines is 1. The van der Waals surface area contributed by atoms with Crippen molar-refractivity contribution in [3.05, 3.63) is 31.0 Å². The van der Waals surface area contributed by atoms with E-state index in [0.717, 1.165) is 11.5 Å². The van der Waals surface area contributed by atoms with Gasteiger partial charge in [0.15, 0.2) is 0 Å². The molecule has 0 saturated heterocycles. The molecular weight excluding hydrogens is 348 g/mol. The van der Waals surface area contributed by atoms with Crippen molar-refractivity contribution in [1.29, 1.82) is 0 Å². The third-order valence-electron chi connectivity index (χ3n) is 3.46. The molecule has 0 aliphatic heterocycles. The highest BCUT2D eigenvalue weighted by atomic mass is 79.9. The molecule has 0 amide bonds. The molecule has 1 unspecified atom stereocenters. The highest BCUT2D eigenvalue weighted by molar-refractivity contribution is 9.10. The third-order valence-corrected chi connectivity index (χ3v) is 4.20. The van der Waals surface area contributed by atoms with E-state index in [2.05, 4.69) is 20.9 Å². The Kier molecular flexibility index (Phi) is 4.77. The number of nitrogens with one attached hydrogen (secondary N) is 1. The SMILES string of the molecule is CCC(C)n1c(=O)[nH]c(C(C)(C(=O)O)C(=O)O)c(Br)c1=O. The number of carboxylic acid groups (broad SMARTS) is 2. The van der Waals surface area contributed by atoms with E-state index < -0.39 is 40.3 Å². The van der Waals surface area contributed by atoms with E-state index in [9.17, 15) is 19.2 Å². The van der Waals surface area contributed by atoms with Crippen LogP contribution in [0.2, 0.25) is 0 Å². The maximum absolute atomic E-state index is 12.2. The van der Waals surface area contributed by atoms with Gasteiger partial charge in [-0.05, 0) is 36.2 Å². The summed E-state index contributed by atoms with van der Waals surface area (Å²) < 4.78 is 0.632. The predicted molar refractivity (Wildman–Crippen MR) is 76.6 cm³/mol. The number of hydrogen-bond acceptors (Lipinski definition) is 4. The van der Waals surface area contributed by atoms with Crippen LogP contribution in [0.1, 0.15) is 38.9 Å². The van der Waals surface area contributed by atoms with Crippen LogP contribution in [0.5, 0.6) is 0 Å². The van der Waals surface area contributed by atoms with Gasteiger partial charge in [-0.2, -0.15) is 0 Å². The monoisotopic (exact) mass is 362 g/mol. The molecular formula is C12H15BrN2O6. The zero-order valence-electron chi connectivity index (χ0n) is 11.6. The van der Waals surface area contributed by atoms with Gasteiger partial charge in [-0.1, -0.05) is 6.92 Å². The fraction of sp³-hybridized carbons (Fsp3) is 0.500. The molecule has 1 atom stereocenters. The maximum atomic E-state index is 12.2. The second kappa shape index (κ2) is 5.84. The summed E-state index contributed by atoms with van der Waals surface area (Å²) in [5, 5.41) is 18.3. The third kappa shape index (κ3) is 2.65. The van der Waals surface area contributed by atoms with Gasteiger partial charge in [0.05, 0.1) is 5.69 Å². The van der Waals surface area contributed by atoms with Crippen molar-refractivity contribution in [2.24, 2.45) is 0 Å². The number of halogens is 1. The maximum Gasteiger partial charge on any atom is 0.328 e. The molecule has 0 aromatic carbocycles. The summed E-state index contributed by atoms with van der Waals surface area (Å²) in [6, 6.07) is -0.410. The molecule has 1 aromatic heterocycles. The molecule has 0 aliphatic rings. The van der Waals surface area contributed by atoms with Crippen LogP contribution in [-0.2, 0) is 15.0 Å². The predicted octanol–water partition coefficient (Wildman–Crippen LogP) is 0.697. The quantitative estimate of drug-likeness (QED) is 0.661.